The SMILES string of the molecule is Cn1nc(C(=O)O)cc1NC(=O)c1cc(NC(=O)OCc2ccccc2)nn1C. The van der Waals surface area contributed by atoms with Gasteiger partial charge in [0.25, 0.3) is 5.91 Å². The third kappa shape index (κ3) is 4.77. The normalized spacial score (nSPS) is 10.4. The second-order valence-electron chi connectivity index (χ2n) is 6.02. The van der Waals surface area contributed by atoms with Crippen molar-refractivity contribution in [3.8, 4) is 0 Å². The van der Waals surface area contributed by atoms with Crippen LogP contribution in [0.5, 0.6) is 0 Å². The predicted molar refractivity (Wildman–Crippen MR) is 102 cm³/mol. The highest BCUT2D eigenvalue weighted by atomic mass is 16.5. The maximum atomic E-state index is 12.5. The van der Waals surface area contributed by atoms with Gasteiger partial charge in [-0.2, -0.15) is 10.2 Å². The average molecular weight is 398 g/mol. The van der Waals surface area contributed by atoms with Crippen molar-refractivity contribution >= 4 is 29.6 Å². The first kappa shape index (κ1) is 19.6. The number of carboxylic acids is 1. The van der Waals surface area contributed by atoms with E-state index in [2.05, 4.69) is 20.8 Å². The highest BCUT2D eigenvalue weighted by Gasteiger charge is 2.18. The lowest BCUT2D eigenvalue weighted by atomic mass is 10.2. The summed E-state index contributed by atoms with van der Waals surface area (Å²) in [6.07, 6.45) is -0.711. The molecule has 11 heteroatoms. The Morgan fingerprint density at radius 2 is 1.76 bits per heavy atom. The second kappa shape index (κ2) is 8.25. The summed E-state index contributed by atoms with van der Waals surface area (Å²) >= 11 is 0. The molecule has 0 bridgehead atoms. The molecule has 0 aliphatic carbocycles. The molecule has 0 fully saturated rings. The number of carbonyl (C=O) groups excluding carboxylic acids is 2. The van der Waals surface area contributed by atoms with Gasteiger partial charge in [-0.1, -0.05) is 30.3 Å². The number of ether oxygens (including phenoxy) is 1. The van der Waals surface area contributed by atoms with Crippen LogP contribution < -0.4 is 10.6 Å². The van der Waals surface area contributed by atoms with Crippen molar-refractivity contribution in [1.29, 1.82) is 0 Å². The summed E-state index contributed by atoms with van der Waals surface area (Å²) in [6.45, 7) is 0.0965. The summed E-state index contributed by atoms with van der Waals surface area (Å²) in [7, 11) is 3.03. The van der Waals surface area contributed by atoms with E-state index in [0.717, 1.165) is 5.56 Å². The van der Waals surface area contributed by atoms with Gasteiger partial charge in [-0.15, -0.1) is 0 Å². The van der Waals surface area contributed by atoms with Crippen LogP contribution in [0.3, 0.4) is 0 Å². The molecule has 3 N–H and O–H groups in total. The van der Waals surface area contributed by atoms with Crippen LogP contribution in [0, 0.1) is 0 Å². The van der Waals surface area contributed by atoms with Crippen molar-refractivity contribution in [3.05, 3.63) is 59.4 Å². The molecule has 29 heavy (non-hydrogen) atoms. The van der Waals surface area contributed by atoms with Crippen LogP contribution in [0.15, 0.2) is 42.5 Å². The number of anilines is 2. The molecular weight excluding hydrogens is 380 g/mol. The third-order valence-electron chi connectivity index (χ3n) is 3.90. The summed E-state index contributed by atoms with van der Waals surface area (Å²) in [5, 5.41) is 21.8. The molecule has 3 aromatic rings. The molecule has 1 aromatic carbocycles. The lowest BCUT2D eigenvalue weighted by Crippen LogP contribution is -2.17. The number of hydrogen-bond acceptors (Lipinski definition) is 6. The lowest BCUT2D eigenvalue weighted by Gasteiger charge is -2.04. The monoisotopic (exact) mass is 398 g/mol. The Balaban J connectivity index is 1.62. The predicted octanol–water partition coefficient (Wildman–Crippen LogP) is 1.85. The zero-order valence-corrected chi connectivity index (χ0v) is 15.6. The topological polar surface area (TPSA) is 140 Å². The molecule has 0 unspecified atom stereocenters. The van der Waals surface area contributed by atoms with Gasteiger partial charge < -0.3 is 15.2 Å². The van der Waals surface area contributed by atoms with Crippen molar-refractivity contribution < 1.29 is 24.2 Å². The number of aromatic carboxylic acids is 1. The fourth-order valence-electron chi connectivity index (χ4n) is 2.47. The molecule has 0 aliphatic heterocycles. The van der Waals surface area contributed by atoms with E-state index in [4.69, 9.17) is 9.84 Å². The standard InChI is InChI=1S/C18H18N6O5/c1-23-13(16(25)20-15-8-12(17(26)27)21-24(15)2)9-14(22-23)19-18(28)29-10-11-6-4-3-5-7-11/h3-9H,10H2,1-2H3,(H,20,25)(H,26,27)(H,19,22,28). The van der Waals surface area contributed by atoms with Gasteiger partial charge in [0.15, 0.2) is 11.5 Å². The van der Waals surface area contributed by atoms with Crippen molar-refractivity contribution in [1.82, 2.24) is 19.6 Å². The molecule has 0 atom stereocenters. The Kier molecular flexibility index (Phi) is 5.58. The van der Waals surface area contributed by atoms with E-state index in [-0.39, 0.29) is 29.6 Å². The number of aromatic nitrogens is 4. The van der Waals surface area contributed by atoms with Crippen molar-refractivity contribution in [2.75, 3.05) is 10.6 Å². The number of nitrogens with zero attached hydrogens (tertiary/aromatic N) is 4. The van der Waals surface area contributed by atoms with E-state index in [1.165, 1.54) is 35.6 Å². The number of amides is 2. The molecule has 0 radical (unpaired) electrons. The Morgan fingerprint density at radius 1 is 1.03 bits per heavy atom. The molecular formula is C18H18N6O5. The number of carbonyl (C=O) groups is 3. The molecule has 0 saturated carbocycles. The van der Waals surface area contributed by atoms with E-state index < -0.39 is 18.0 Å². The number of nitrogens with one attached hydrogen (secondary N) is 2. The Bertz CT molecular complexity index is 1060. The summed E-state index contributed by atoms with van der Waals surface area (Å²) in [4.78, 5) is 35.4. The minimum Gasteiger partial charge on any atom is -0.476 e. The largest absolute Gasteiger partial charge is 0.476 e. The third-order valence-corrected chi connectivity index (χ3v) is 3.90. The Morgan fingerprint density at radius 3 is 2.41 bits per heavy atom. The van der Waals surface area contributed by atoms with Crippen LogP contribution in [0.2, 0.25) is 0 Å². The fraction of sp³-hybridized carbons (Fsp3) is 0.167. The van der Waals surface area contributed by atoms with Gasteiger partial charge in [0.1, 0.15) is 18.1 Å². The van der Waals surface area contributed by atoms with Crippen LogP contribution in [0.4, 0.5) is 16.4 Å². The first-order valence-corrected chi connectivity index (χ1v) is 8.44. The Hall–Kier alpha value is -4.15. The highest BCUT2D eigenvalue weighted by Crippen LogP contribution is 2.14. The van der Waals surface area contributed by atoms with Gasteiger partial charge in [-0.05, 0) is 5.56 Å². The molecule has 3 rings (SSSR count). The van der Waals surface area contributed by atoms with E-state index in [1.807, 2.05) is 30.3 Å². The molecule has 2 amide bonds. The quantitative estimate of drug-likeness (QED) is 0.575. The van der Waals surface area contributed by atoms with E-state index >= 15 is 0 Å². The van der Waals surface area contributed by atoms with Crippen LogP contribution in [-0.4, -0.2) is 42.6 Å². The van der Waals surface area contributed by atoms with E-state index in [0.29, 0.717) is 0 Å². The van der Waals surface area contributed by atoms with Crippen LogP contribution in [-0.2, 0) is 25.4 Å². The van der Waals surface area contributed by atoms with Crippen LogP contribution in [0.1, 0.15) is 26.5 Å². The minimum atomic E-state index is -1.21. The molecule has 150 valence electrons. The van der Waals surface area contributed by atoms with Crippen molar-refractivity contribution in [3.63, 3.8) is 0 Å². The fourth-order valence-corrected chi connectivity index (χ4v) is 2.47. The lowest BCUT2D eigenvalue weighted by molar-refractivity contribution is 0.0689. The molecule has 11 nitrogen and oxygen atoms in total. The van der Waals surface area contributed by atoms with Crippen molar-refractivity contribution in [2.45, 2.75) is 6.61 Å². The number of carboxylic acid groups (broad SMARTS) is 1. The van der Waals surface area contributed by atoms with Crippen LogP contribution >= 0.6 is 0 Å². The molecule has 0 spiro atoms. The Labute approximate surface area is 164 Å². The van der Waals surface area contributed by atoms with Crippen LogP contribution in [0.25, 0.3) is 0 Å². The van der Waals surface area contributed by atoms with Gasteiger partial charge >= 0.3 is 12.1 Å². The molecule has 2 heterocycles. The van der Waals surface area contributed by atoms with Gasteiger partial charge in [0, 0.05) is 26.2 Å². The van der Waals surface area contributed by atoms with Crippen molar-refractivity contribution in [2.24, 2.45) is 14.1 Å². The highest BCUT2D eigenvalue weighted by molar-refractivity contribution is 6.04. The summed E-state index contributed by atoms with van der Waals surface area (Å²) in [5.41, 5.74) is 0.776. The van der Waals surface area contributed by atoms with Gasteiger partial charge in [0.2, 0.25) is 0 Å². The first-order chi connectivity index (χ1) is 13.8. The first-order valence-electron chi connectivity index (χ1n) is 8.44. The molecule has 2 aromatic heterocycles. The molecule has 0 aliphatic rings. The molecule has 0 saturated heterocycles. The number of hydrogen-bond donors (Lipinski definition) is 3. The maximum absolute atomic E-state index is 12.5. The average Bonchev–Trinajstić information content (AvgIpc) is 3.23. The van der Waals surface area contributed by atoms with Gasteiger partial charge in [0.05, 0.1) is 0 Å². The zero-order chi connectivity index (χ0) is 21.0. The zero-order valence-electron chi connectivity index (χ0n) is 15.6. The number of benzene rings is 1. The summed E-state index contributed by atoms with van der Waals surface area (Å²) in [6, 6.07) is 11.8. The smallest absolute Gasteiger partial charge is 0.413 e. The second-order valence-corrected chi connectivity index (χ2v) is 6.02. The number of aryl methyl sites for hydroxylation is 2. The maximum Gasteiger partial charge on any atom is 0.413 e. The van der Waals surface area contributed by atoms with E-state index in [9.17, 15) is 14.4 Å². The number of rotatable bonds is 6. The summed E-state index contributed by atoms with van der Waals surface area (Å²) < 4.78 is 7.62. The van der Waals surface area contributed by atoms with E-state index in [1.54, 1.807) is 0 Å². The van der Waals surface area contributed by atoms with Gasteiger partial charge in [-0.3, -0.25) is 19.5 Å². The summed E-state index contributed by atoms with van der Waals surface area (Å²) in [5.74, 6) is -1.43. The van der Waals surface area contributed by atoms with Gasteiger partial charge in [-0.25, -0.2) is 9.59 Å². The minimum absolute atomic E-state index is 0.0965.